The molecule has 0 radical (unpaired) electrons. The number of nitrogens with one attached hydrogen (secondary N) is 1. The zero-order valence-electron chi connectivity index (χ0n) is 17.6. The van der Waals surface area contributed by atoms with Gasteiger partial charge in [-0.15, -0.1) is 21.5 Å². The van der Waals surface area contributed by atoms with Gasteiger partial charge in [-0.3, -0.25) is 10.1 Å². The third-order valence-electron chi connectivity index (χ3n) is 5.46. The number of amides is 1. The zero-order valence-corrected chi connectivity index (χ0v) is 19.3. The molecule has 0 atom stereocenters. The summed E-state index contributed by atoms with van der Waals surface area (Å²) in [5.74, 6) is 1.15. The molecule has 0 spiro atoms. The van der Waals surface area contributed by atoms with Crippen molar-refractivity contribution in [2.24, 2.45) is 0 Å². The second-order valence-corrected chi connectivity index (χ2v) is 10.9. The van der Waals surface area contributed by atoms with Gasteiger partial charge < -0.3 is 0 Å². The molecule has 1 saturated carbocycles. The Balaban J connectivity index is 1.59. The summed E-state index contributed by atoms with van der Waals surface area (Å²) in [7, 11) is 0. The Morgan fingerprint density at radius 3 is 2.45 bits per heavy atom. The Hall–Kier alpha value is -1.93. The fourth-order valence-corrected chi connectivity index (χ4v) is 5.88. The maximum atomic E-state index is 13.0. The Bertz CT molecular complexity index is 1060. The number of anilines is 1. The number of hydrogen-bond donors (Lipinski definition) is 1. The number of thiophene rings is 1. The molecule has 8 heteroatoms. The molecule has 0 aromatic carbocycles. The lowest BCUT2D eigenvalue weighted by molar-refractivity contribution is 0.103. The van der Waals surface area contributed by atoms with Gasteiger partial charge in [-0.05, 0) is 32.3 Å². The van der Waals surface area contributed by atoms with Crippen molar-refractivity contribution in [1.29, 1.82) is 0 Å². The molecule has 1 N–H and O–H groups in total. The van der Waals surface area contributed by atoms with Gasteiger partial charge >= 0.3 is 0 Å². The molecular formula is C21H27N5OS2. The molecule has 3 heterocycles. The molecule has 1 aliphatic carbocycles. The number of carbonyl (C=O) groups is 1. The van der Waals surface area contributed by atoms with E-state index in [-0.39, 0.29) is 11.3 Å². The highest BCUT2D eigenvalue weighted by molar-refractivity contribution is 7.21. The van der Waals surface area contributed by atoms with Crippen LogP contribution in [0.15, 0.2) is 0 Å². The van der Waals surface area contributed by atoms with E-state index in [1.807, 2.05) is 13.8 Å². The topological polar surface area (TPSA) is 80.7 Å². The summed E-state index contributed by atoms with van der Waals surface area (Å²) in [5, 5.41) is 14.1. The first-order chi connectivity index (χ1) is 13.7. The summed E-state index contributed by atoms with van der Waals surface area (Å²) in [6.45, 7) is 10.2. The highest BCUT2D eigenvalue weighted by Gasteiger charge is 2.25. The van der Waals surface area contributed by atoms with Gasteiger partial charge in [0.15, 0.2) is 0 Å². The molecule has 6 nitrogen and oxygen atoms in total. The molecule has 3 aromatic rings. The van der Waals surface area contributed by atoms with E-state index in [2.05, 4.69) is 41.3 Å². The van der Waals surface area contributed by atoms with Crippen LogP contribution in [0.5, 0.6) is 0 Å². The van der Waals surface area contributed by atoms with Gasteiger partial charge in [0, 0.05) is 16.7 Å². The molecule has 1 fully saturated rings. The maximum absolute atomic E-state index is 13.0. The van der Waals surface area contributed by atoms with Crippen molar-refractivity contribution in [2.45, 2.75) is 78.1 Å². The van der Waals surface area contributed by atoms with E-state index in [1.165, 1.54) is 54.8 Å². The van der Waals surface area contributed by atoms with Crippen LogP contribution in [-0.4, -0.2) is 26.1 Å². The minimum Gasteiger partial charge on any atom is -0.296 e. The van der Waals surface area contributed by atoms with Crippen molar-refractivity contribution in [2.75, 3.05) is 5.32 Å². The first kappa shape index (κ1) is 20.3. The number of aryl methyl sites for hydroxylation is 2. The predicted octanol–water partition coefficient (Wildman–Crippen LogP) is 5.76. The van der Waals surface area contributed by atoms with Gasteiger partial charge in [0.1, 0.15) is 15.7 Å². The highest BCUT2D eigenvalue weighted by Crippen LogP contribution is 2.36. The van der Waals surface area contributed by atoms with E-state index in [9.17, 15) is 4.79 Å². The van der Waals surface area contributed by atoms with E-state index in [1.54, 1.807) is 0 Å². The third kappa shape index (κ3) is 4.05. The van der Waals surface area contributed by atoms with Crippen molar-refractivity contribution in [1.82, 2.24) is 20.2 Å². The first-order valence-corrected chi connectivity index (χ1v) is 11.8. The second-order valence-electron chi connectivity index (χ2n) is 8.85. The fourth-order valence-electron chi connectivity index (χ4n) is 3.84. The van der Waals surface area contributed by atoms with Crippen LogP contribution in [0.1, 0.15) is 90.6 Å². The zero-order chi connectivity index (χ0) is 20.8. The Labute approximate surface area is 179 Å². The van der Waals surface area contributed by atoms with Gasteiger partial charge in [-0.25, -0.2) is 9.97 Å². The molecule has 0 saturated heterocycles. The van der Waals surface area contributed by atoms with E-state index >= 15 is 0 Å². The first-order valence-electron chi connectivity index (χ1n) is 10.2. The summed E-state index contributed by atoms with van der Waals surface area (Å²) < 4.78 is 0. The number of carbonyl (C=O) groups excluding carboxylic acids is 1. The van der Waals surface area contributed by atoms with Gasteiger partial charge in [0.2, 0.25) is 5.13 Å². The Morgan fingerprint density at radius 1 is 1.03 bits per heavy atom. The van der Waals surface area contributed by atoms with Gasteiger partial charge in [-0.1, -0.05) is 51.4 Å². The van der Waals surface area contributed by atoms with Crippen molar-refractivity contribution < 1.29 is 4.79 Å². The summed E-state index contributed by atoms with van der Waals surface area (Å²) in [6, 6.07) is 0. The molecule has 0 aliphatic heterocycles. The SMILES string of the molecule is Cc1nc(C(C)(C)C)nc2sc(C(=O)Nc3nnc(C4CCCCC4)s3)c(C)c12. The van der Waals surface area contributed by atoms with Crippen LogP contribution in [-0.2, 0) is 5.41 Å². The van der Waals surface area contributed by atoms with Crippen LogP contribution in [0, 0.1) is 13.8 Å². The maximum Gasteiger partial charge on any atom is 0.267 e. The van der Waals surface area contributed by atoms with Crippen LogP contribution in [0.3, 0.4) is 0 Å². The molecule has 154 valence electrons. The molecule has 0 bridgehead atoms. The van der Waals surface area contributed by atoms with Crippen LogP contribution in [0.4, 0.5) is 5.13 Å². The van der Waals surface area contributed by atoms with E-state index in [0.29, 0.717) is 15.9 Å². The third-order valence-corrected chi connectivity index (χ3v) is 7.65. The molecule has 3 aromatic heterocycles. The number of aromatic nitrogens is 4. The van der Waals surface area contributed by atoms with Crippen molar-refractivity contribution in [3.8, 4) is 0 Å². The molecule has 1 amide bonds. The minimum absolute atomic E-state index is 0.138. The Morgan fingerprint density at radius 2 is 1.76 bits per heavy atom. The predicted molar refractivity (Wildman–Crippen MR) is 119 cm³/mol. The van der Waals surface area contributed by atoms with Crippen LogP contribution in [0.2, 0.25) is 0 Å². The molecular weight excluding hydrogens is 402 g/mol. The normalized spacial score (nSPS) is 15.8. The fraction of sp³-hybridized carbons (Fsp3) is 0.571. The van der Waals surface area contributed by atoms with E-state index in [4.69, 9.17) is 4.98 Å². The number of rotatable bonds is 3. The smallest absolute Gasteiger partial charge is 0.267 e. The van der Waals surface area contributed by atoms with Gasteiger partial charge in [0.05, 0.1) is 10.6 Å². The number of hydrogen-bond acceptors (Lipinski definition) is 7. The van der Waals surface area contributed by atoms with Gasteiger partial charge in [0.25, 0.3) is 5.91 Å². The summed E-state index contributed by atoms with van der Waals surface area (Å²) >= 11 is 2.93. The number of fused-ring (bicyclic) bond motifs is 1. The average molecular weight is 430 g/mol. The molecule has 0 unspecified atom stereocenters. The molecule has 1 aliphatic rings. The van der Waals surface area contributed by atoms with Crippen molar-refractivity contribution in [3.63, 3.8) is 0 Å². The quantitative estimate of drug-likeness (QED) is 0.573. The average Bonchev–Trinajstić information content (AvgIpc) is 3.26. The number of nitrogens with zero attached hydrogens (tertiary/aromatic N) is 4. The van der Waals surface area contributed by atoms with E-state index < -0.39 is 0 Å². The lowest BCUT2D eigenvalue weighted by atomic mass is 9.90. The second kappa shape index (κ2) is 7.72. The monoisotopic (exact) mass is 429 g/mol. The van der Waals surface area contributed by atoms with Crippen molar-refractivity contribution in [3.05, 3.63) is 27.0 Å². The lowest BCUT2D eigenvalue weighted by Gasteiger charge is -2.18. The minimum atomic E-state index is -0.145. The molecule has 4 rings (SSSR count). The summed E-state index contributed by atoms with van der Waals surface area (Å²) in [6.07, 6.45) is 6.16. The van der Waals surface area contributed by atoms with Crippen LogP contribution < -0.4 is 5.32 Å². The Kier molecular flexibility index (Phi) is 5.42. The molecule has 29 heavy (non-hydrogen) atoms. The summed E-state index contributed by atoms with van der Waals surface area (Å²) in [5.41, 5.74) is 1.71. The van der Waals surface area contributed by atoms with Crippen molar-refractivity contribution >= 4 is 43.9 Å². The van der Waals surface area contributed by atoms with Crippen LogP contribution in [0.25, 0.3) is 10.2 Å². The summed E-state index contributed by atoms with van der Waals surface area (Å²) in [4.78, 5) is 23.9. The van der Waals surface area contributed by atoms with E-state index in [0.717, 1.165) is 32.3 Å². The van der Waals surface area contributed by atoms with Crippen LogP contribution >= 0.6 is 22.7 Å². The van der Waals surface area contributed by atoms with Gasteiger partial charge in [-0.2, -0.15) is 0 Å². The lowest BCUT2D eigenvalue weighted by Crippen LogP contribution is -2.16. The highest BCUT2D eigenvalue weighted by atomic mass is 32.1. The standard InChI is InChI=1S/C21H27N5OS2/c1-11-14-12(2)22-19(21(3,4)5)24-18(14)28-15(11)16(27)23-20-26-25-17(29-20)13-9-7-6-8-10-13/h13H,6-10H2,1-5H3,(H,23,26,27). The largest absolute Gasteiger partial charge is 0.296 e.